The molecule has 3 N–H and O–H groups in total. The fourth-order valence-electron chi connectivity index (χ4n) is 2.09. The highest BCUT2D eigenvalue weighted by Crippen LogP contribution is 2.30. The molecule has 2 aromatic rings. The van der Waals surface area contributed by atoms with Crippen LogP contribution in [0.1, 0.15) is 15.9 Å². The molecule has 2 rings (SSSR count). The summed E-state index contributed by atoms with van der Waals surface area (Å²) in [5.41, 5.74) is 4.74. The van der Waals surface area contributed by atoms with Gasteiger partial charge in [-0.3, -0.25) is 0 Å². The molecule has 0 amide bonds. The fraction of sp³-hybridized carbons (Fsp3) is 0.188. The maximum atomic E-state index is 11.8. The maximum Gasteiger partial charge on any atom is 0.339 e. The van der Waals surface area contributed by atoms with Gasteiger partial charge < -0.3 is 15.3 Å². The highest BCUT2D eigenvalue weighted by Gasteiger charge is 2.13. The minimum Gasteiger partial charge on any atom is -0.465 e. The molecule has 0 aromatic heterocycles. The van der Waals surface area contributed by atoms with Gasteiger partial charge in [0.05, 0.1) is 29.1 Å². The molecule has 2 aromatic carbocycles. The zero-order chi connectivity index (χ0) is 15.9. The Morgan fingerprint density at radius 3 is 2.64 bits per heavy atom. The van der Waals surface area contributed by atoms with Gasteiger partial charge in [-0.2, -0.15) is 0 Å². The van der Waals surface area contributed by atoms with E-state index in [4.69, 9.17) is 21.5 Å². The molecule has 0 bridgehead atoms. The number of ether oxygens (including phenoxy) is 1. The quantitative estimate of drug-likeness (QED) is 0.562. The minimum absolute atomic E-state index is 0.405. The normalized spacial score (nSPS) is 10.3. The van der Waals surface area contributed by atoms with Crippen molar-refractivity contribution >= 4 is 28.9 Å². The molecular weight excluding hydrogens is 304 g/mol. The topological polar surface area (TPSA) is 70.6 Å². The lowest BCUT2D eigenvalue weighted by Gasteiger charge is -2.14. The summed E-state index contributed by atoms with van der Waals surface area (Å²) in [4.78, 5) is 11.8. The van der Waals surface area contributed by atoms with Crippen LogP contribution < -0.4 is 10.8 Å². The molecule has 0 aliphatic carbocycles. The van der Waals surface area contributed by atoms with Gasteiger partial charge in [-0.05, 0) is 30.2 Å². The van der Waals surface area contributed by atoms with Gasteiger partial charge in [0.25, 0.3) is 0 Å². The molecule has 0 aliphatic rings. The van der Waals surface area contributed by atoms with Crippen LogP contribution >= 0.6 is 11.6 Å². The zero-order valence-electron chi connectivity index (χ0n) is 12.1. The summed E-state index contributed by atoms with van der Waals surface area (Å²) in [5, 5.41) is 12.4. The second-order valence-corrected chi connectivity index (χ2v) is 4.98. The van der Waals surface area contributed by atoms with Crippen molar-refractivity contribution in [3.63, 3.8) is 0 Å². The predicted octanol–water partition coefficient (Wildman–Crippen LogP) is 3.39. The molecule has 116 valence electrons. The van der Waals surface area contributed by atoms with Gasteiger partial charge in [0.1, 0.15) is 0 Å². The van der Waals surface area contributed by atoms with E-state index in [1.807, 2.05) is 24.3 Å². The molecule has 0 saturated heterocycles. The minimum atomic E-state index is -0.417. The first-order valence-corrected chi connectivity index (χ1v) is 7.14. The summed E-state index contributed by atoms with van der Waals surface area (Å²) >= 11 is 6.37. The van der Waals surface area contributed by atoms with Crippen molar-refractivity contribution in [2.24, 2.45) is 0 Å². The molecule has 0 saturated carbocycles. The van der Waals surface area contributed by atoms with E-state index in [1.54, 1.807) is 18.2 Å². The average molecular weight is 321 g/mol. The van der Waals surface area contributed by atoms with E-state index in [0.717, 1.165) is 5.56 Å². The van der Waals surface area contributed by atoms with Gasteiger partial charge in [0, 0.05) is 6.54 Å². The van der Waals surface area contributed by atoms with Gasteiger partial charge in [-0.25, -0.2) is 10.3 Å². The van der Waals surface area contributed by atoms with Gasteiger partial charge in [0.15, 0.2) is 0 Å². The van der Waals surface area contributed by atoms with Gasteiger partial charge >= 0.3 is 5.97 Å². The molecular formula is C16H17ClN2O3. The number of esters is 1. The Morgan fingerprint density at radius 2 is 1.91 bits per heavy atom. The van der Waals surface area contributed by atoms with Crippen LogP contribution in [0.3, 0.4) is 0 Å². The number of hydroxylamine groups is 1. The molecule has 0 fully saturated rings. The van der Waals surface area contributed by atoms with Gasteiger partial charge in [-0.1, -0.05) is 35.9 Å². The van der Waals surface area contributed by atoms with Crippen LogP contribution in [0.2, 0.25) is 5.02 Å². The molecule has 0 aliphatic heterocycles. The summed E-state index contributed by atoms with van der Waals surface area (Å²) < 4.78 is 4.77. The Bertz CT molecular complexity index is 662. The highest BCUT2D eigenvalue weighted by molar-refractivity contribution is 6.34. The Balaban J connectivity index is 2.30. The SMILES string of the molecule is COC(=O)c1ccccc1Nc1cccc(CCNO)c1Cl. The number of anilines is 2. The number of hydrogen-bond donors (Lipinski definition) is 3. The van der Waals surface area contributed by atoms with E-state index in [-0.39, 0.29) is 0 Å². The Labute approximate surface area is 133 Å². The molecule has 0 unspecified atom stereocenters. The lowest BCUT2D eigenvalue weighted by Crippen LogP contribution is -2.11. The first kappa shape index (κ1) is 16.3. The van der Waals surface area contributed by atoms with E-state index in [9.17, 15) is 4.79 Å². The van der Waals surface area contributed by atoms with Crippen molar-refractivity contribution in [3.8, 4) is 0 Å². The number of benzene rings is 2. The monoisotopic (exact) mass is 320 g/mol. The van der Waals surface area contributed by atoms with Crippen LogP contribution in [0.5, 0.6) is 0 Å². The number of nitrogens with one attached hydrogen (secondary N) is 2. The molecule has 5 nitrogen and oxygen atoms in total. The lowest BCUT2D eigenvalue weighted by atomic mass is 10.1. The van der Waals surface area contributed by atoms with E-state index in [0.29, 0.717) is 34.9 Å². The maximum absolute atomic E-state index is 11.8. The molecule has 0 heterocycles. The Kier molecular flexibility index (Phi) is 5.77. The second kappa shape index (κ2) is 7.79. The Hall–Kier alpha value is -2.08. The molecule has 0 radical (unpaired) electrons. The van der Waals surface area contributed by atoms with Crippen molar-refractivity contribution in [3.05, 3.63) is 58.6 Å². The van der Waals surface area contributed by atoms with Crippen LogP contribution in [-0.2, 0) is 11.2 Å². The smallest absolute Gasteiger partial charge is 0.339 e. The number of halogens is 1. The summed E-state index contributed by atoms with van der Waals surface area (Å²) in [6, 6.07) is 12.6. The number of carbonyl (C=O) groups is 1. The third kappa shape index (κ3) is 3.76. The largest absolute Gasteiger partial charge is 0.465 e. The van der Waals surface area contributed by atoms with E-state index >= 15 is 0 Å². The van der Waals surface area contributed by atoms with Crippen molar-refractivity contribution in [2.75, 3.05) is 19.0 Å². The zero-order valence-corrected chi connectivity index (χ0v) is 12.9. The van der Waals surface area contributed by atoms with Crippen LogP contribution in [0.4, 0.5) is 11.4 Å². The van der Waals surface area contributed by atoms with E-state index in [2.05, 4.69) is 10.8 Å². The average Bonchev–Trinajstić information content (AvgIpc) is 2.55. The van der Waals surface area contributed by atoms with Crippen molar-refractivity contribution in [1.29, 1.82) is 0 Å². The van der Waals surface area contributed by atoms with Crippen molar-refractivity contribution in [1.82, 2.24) is 5.48 Å². The number of para-hydroxylation sites is 1. The third-order valence-electron chi connectivity index (χ3n) is 3.19. The van der Waals surface area contributed by atoms with Crippen LogP contribution in [0.25, 0.3) is 0 Å². The first-order valence-electron chi connectivity index (χ1n) is 6.76. The highest BCUT2D eigenvalue weighted by atomic mass is 35.5. The Morgan fingerprint density at radius 1 is 1.18 bits per heavy atom. The van der Waals surface area contributed by atoms with E-state index < -0.39 is 5.97 Å². The molecule has 0 atom stereocenters. The predicted molar refractivity (Wildman–Crippen MR) is 86.0 cm³/mol. The van der Waals surface area contributed by atoms with Crippen molar-refractivity contribution in [2.45, 2.75) is 6.42 Å². The van der Waals surface area contributed by atoms with E-state index in [1.165, 1.54) is 7.11 Å². The molecule has 0 spiro atoms. The first-order chi connectivity index (χ1) is 10.7. The van der Waals surface area contributed by atoms with Crippen LogP contribution in [0, 0.1) is 0 Å². The fourth-order valence-corrected chi connectivity index (χ4v) is 2.35. The third-order valence-corrected chi connectivity index (χ3v) is 3.63. The number of hydrogen-bond acceptors (Lipinski definition) is 5. The lowest BCUT2D eigenvalue weighted by molar-refractivity contribution is 0.0602. The number of methoxy groups -OCH3 is 1. The molecule has 22 heavy (non-hydrogen) atoms. The summed E-state index contributed by atoms with van der Waals surface area (Å²) in [6.07, 6.45) is 0.587. The molecule has 6 heteroatoms. The van der Waals surface area contributed by atoms with Gasteiger partial charge in [-0.15, -0.1) is 0 Å². The van der Waals surface area contributed by atoms with Crippen molar-refractivity contribution < 1.29 is 14.7 Å². The standard InChI is InChI=1S/C16H17ClN2O3/c1-22-16(20)12-6-2-3-7-13(12)19-14-8-4-5-11(15(14)17)9-10-18-21/h2-8,18-19,21H,9-10H2,1H3. The number of carbonyl (C=O) groups excluding carboxylic acids is 1. The number of rotatable bonds is 6. The van der Waals surface area contributed by atoms with Crippen LogP contribution in [0.15, 0.2) is 42.5 Å². The van der Waals surface area contributed by atoms with Crippen LogP contribution in [-0.4, -0.2) is 24.8 Å². The summed E-state index contributed by atoms with van der Waals surface area (Å²) in [6.45, 7) is 0.405. The summed E-state index contributed by atoms with van der Waals surface area (Å²) in [5.74, 6) is -0.417. The summed E-state index contributed by atoms with van der Waals surface area (Å²) in [7, 11) is 1.34. The van der Waals surface area contributed by atoms with Gasteiger partial charge in [0.2, 0.25) is 0 Å². The second-order valence-electron chi connectivity index (χ2n) is 4.60.